The van der Waals surface area contributed by atoms with Crippen LogP contribution >= 0.6 is 0 Å². The Kier molecular flexibility index (Phi) is 4.11. The van der Waals surface area contributed by atoms with Crippen molar-refractivity contribution < 1.29 is 19.7 Å². The highest BCUT2D eigenvalue weighted by atomic mass is 16.5. The number of phenols is 1. The molecule has 0 aliphatic heterocycles. The number of aromatic hydroxyl groups is 2. The number of imidazole rings is 1. The van der Waals surface area contributed by atoms with Gasteiger partial charge in [0.1, 0.15) is 5.75 Å². The molecule has 0 saturated carbocycles. The molecule has 0 aliphatic rings. The molecule has 3 rings (SSSR count). The summed E-state index contributed by atoms with van der Waals surface area (Å²) in [4.78, 5) is 15.8. The van der Waals surface area contributed by atoms with Crippen molar-refractivity contribution in [3.8, 4) is 11.5 Å². The van der Waals surface area contributed by atoms with Crippen molar-refractivity contribution in [2.45, 2.75) is 6.42 Å². The summed E-state index contributed by atoms with van der Waals surface area (Å²) < 4.78 is 6.19. The first-order valence-corrected chi connectivity index (χ1v) is 7.05. The number of hydrogen-bond donors (Lipinski definition) is 2. The SMILES string of the molecule is COC(=O)Cc1nc2c(O)cccn2c1N=Nc1cccc(O)c1. The molecular formula is C16H14N4O4. The lowest BCUT2D eigenvalue weighted by Crippen LogP contribution is -2.04. The Morgan fingerprint density at radius 3 is 2.83 bits per heavy atom. The molecule has 8 heteroatoms. The molecule has 0 atom stereocenters. The molecule has 2 aromatic heterocycles. The predicted octanol–water partition coefficient (Wildman–Crippen LogP) is 2.88. The van der Waals surface area contributed by atoms with E-state index >= 15 is 0 Å². The van der Waals surface area contributed by atoms with E-state index in [-0.39, 0.29) is 23.6 Å². The molecule has 122 valence electrons. The fourth-order valence-corrected chi connectivity index (χ4v) is 2.18. The lowest BCUT2D eigenvalue weighted by atomic mass is 10.3. The van der Waals surface area contributed by atoms with Gasteiger partial charge < -0.3 is 14.9 Å². The van der Waals surface area contributed by atoms with Crippen LogP contribution in [0.2, 0.25) is 0 Å². The van der Waals surface area contributed by atoms with Crippen molar-refractivity contribution in [1.82, 2.24) is 9.38 Å². The average molecular weight is 326 g/mol. The molecule has 0 unspecified atom stereocenters. The maximum Gasteiger partial charge on any atom is 0.311 e. The van der Waals surface area contributed by atoms with Crippen LogP contribution in [0.5, 0.6) is 11.5 Å². The molecule has 0 fully saturated rings. The second kappa shape index (κ2) is 6.37. The molecule has 0 aliphatic carbocycles. The van der Waals surface area contributed by atoms with Crippen molar-refractivity contribution in [1.29, 1.82) is 0 Å². The first kappa shape index (κ1) is 15.5. The Hall–Kier alpha value is -3.42. The third-order valence-corrected chi connectivity index (χ3v) is 3.30. The van der Waals surface area contributed by atoms with Crippen LogP contribution in [0.4, 0.5) is 11.5 Å². The zero-order chi connectivity index (χ0) is 17.1. The topological polar surface area (TPSA) is 109 Å². The molecule has 2 heterocycles. The number of benzene rings is 1. The van der Waals surface area contributed by atoms with Crippen LogP contribution in [0.15, 0.2) is 52.8 Å². The summed E-state index contributed by atoms with van der Waals surface area (Å²) in [6.07, 6.45) is 1.55. The first-order chi connectivity index (χ1) is 11.6. The number of carbonyl (C=O) groups excluding carboxylic acids is 1. The van der Waals surface area contributed by atoms with Crippen molar-refractivity contribution >= 4 is 23.1 Å². The van der Waals surface area contributed by atoms with E-state index in [1.165, 1.54) is 29.7 Å². The minimum Gasteiger partial charge on any atom is -0.508 e. The van der Waals surface area contributed by atoms with Gasteiger partial charge in [0.05, 0.1) is 24.9 Å². The molecule has 2 N–H and O–H groups in total. The zero-order valence-corrected chi connectivity index (χ0v) is 12.7. The molecule has 0 saturated heterocycles. The number of pyridine rings is 1. The molecule has 0 amide bonds. The van der Waals surface area contributed by atoms with Crippen LogP contribution in [-0.4, -0.2) is 32.7 Å². The zero-order valence-electron chi connectivity index (χ0n) is 12.7. The van der Waals surface area contributed by atoms with E-state index in [1.54, 1.807) is 24.4 Å². The van der Waals surface area contributed by atoms with Crippen LogP contribution < -0.4 is 0 Å². The highest BCUT2D eigenvalue weighted by molar-refractivity contribution is 5.74. The van der Waals surface area contributed by atoms with Crippen LogP contribution in [-0.2, 0) is 16.0 Å². The van der Waals surface area contributed by atoms with Crippen molar-refractivity contribution in [2.24, 2.45) is 10.2 Å². The van der Waals surface area contributed by atoms with Gasteiger partial charge in [-0.25, -0.2) is 4.98 Å². The van der Waals surface area contributed by atoms with Gasteiger partial charge in [0, 0.05) is 12.3 Å². The van der Waals surface area contributed by atoms with E-state index in [1.807, 2.05) is 0 Å². The van der Waals surface area contributed by atoms with Gasteiger partial charge in [0.25, 0.3) is 0 Å². The van der Waals surface area contributed by atoms with Crippen LogP contribution in [0.3, 0.4) is 0 Å². The van der Waals surface area contributed by atoms with Crippen LogP contribution in [0, 0.1) is 0 Å². The molecule has 24 heavy (non-hydrogen) atoms. The first-order valence-electron chi connectivity index (χ1n) is 7.05. The average Bonchev–Trinajstić information content (AvgIpc) is 2.91. The summed E-state index contributed by atoms with van der Waals surface area (Å²) in [5.74, 6) is -0.152. The Balaban J connectivity index is 2.08. The Labute approximate surface area is 136 Å². The number of azo groups is 1. The van der Waals surface area contributed by atoms with E-state index in [0.717, 1.165) is 0 Å². The standard InChI is InChI=1S/C16H14N4O4/c1-24-14(23)9-12-15(19-18-10-4-2-5-11(21)8-10)20-7-3-6-13(22)16(20)17-12/h2-8,21-22H,9H2,1H3. The number of nitrogens with zero attached hydrogens (tertiary/aromatic N) is 4. The Bertz CT molecular complexity index is 933. The number of hydrogen-bond acceptors (Lipinski definition) is 7. The van der Waals surface area contributed by atoms with Gasteiger partial charge >= 0.3 is 5.97 Å². The number of fused-ring (bicyclic) bond motifs is 1. The summed E-state index contributed by atoms with van der Waals surface area (Å²) in [6.45, 7) is 0. The van der Waals surface area contributed by atoms with Crippen molar-refractivity contribution in [2.75, 3.05) is 7.11 Å². The summed E-state index contributed by atoms with van der Waals surface area (Å²) in [6, 6.07) is 9.39. The smallest absolute Gasteiger partial charge is 0.311 e. The molecule has 0 spiro atoms. The molecule has 0 bridgehead atoms. The maximum atomic E-state index is 11.6. The molecular weight excluding hydrogens is 312 g/mol. The van der Waals surface area contributed by atoms with Gasteiger partial charge in [0.15, 0.2) is 17.2 Å². The second-order valence-electron chi connectivity index (χ2n) is 4.94. The summed E-state index contributed by atoms with van der Waals surface area (Å²) in [5, 5.41) is 27.6. The third kappa shape index (κ3) is 3.02. The fourth-order valence-electron chi connectivity index (χ4n) is 2.18. The molecule has 3 aromatic rings. The predicted molar refractivity (Wildman–Crippen MR) is 84.9 cm³/mol. The molecule has 8 nitrogen and oxygen atoms in total. The van der Waals surface area contributed by atoms with Crippen LogP contribution in [0.1, 0.15) is 5.69 Å². The number of ether oxygens (including phenoxy) is 1. The molecule has 1 aromatic carbocycles. The third-order valence-electron chi connectivity index (χ3n) is 3.30. The number of carbonyl (C=O) groups is 1. The normalized spacial score (nSPS) is 11.2. The van der Waals surface area contributed by atoms with E-state index < -0.39 is 5.97 Å². The van der Waals surface area contributed by atoms with Crippen molar-refractivity contribution in [3.05, 3.63) is 48.3 Å². The number of rotatable bonds is 4. The van der Waals surface area contributed by atoms with E-state index in [9.17, 15) is 15.0 Å². The van der Waals surface area contributed by atoms with Gasteiger partial charge in [-0.3, -0.25) is 9.20 Å². The monoisotopic (exact) mass is 326 g/mol. The lowest BCUT2D eigenvalue weighted by molar-refractivity contribution is -0.139. The van der Waals surface area contributed by atoms with Crippen LogP contribution in [0.25, 0.3) is 5.65 Å². The summed E-state index contributed by atoms with van der Waals surface area (Å²) in [7, 11) is 1.28. The van der Waals surface area contributed by atoms with Gasteiger partial charge in [-0.15, -0.1) is 10.2 Å². The summed E-state index contributed by atoms with van der Waals surface area (Å²) in [5.41, 5.74) is 1.03. The van der Waals surface area contributed by atoms with Gasteiger partial charge in [-0.05, 0) is 24.3 Å². The molecule has 0 radical (unpaired) electrons. The maximum absolute atomic E-state index is 11.6. The number of methoxy groups -OCH3 is 1. The lowest BCUT2D eigenvalue weighted by Gasteiger charge is -1.99. The van der Waals surface area contributed by atoms with Gasteiger partial charge in [-0.2, -0.15) is 0 Å². The fraction of sp³-hybridized carbons (Fsp3) is 0.125. The quantitative estimate of drug-likeness (QED) is 0.566. The van der Waals surface area contributed by atoms with E-state index in [4.69, 9.17) is 0 Å². The number of aromatic nitrogens is 2. The summed E-state index contributed by atoms with van der Waals surface area (Å²) >= 11 is 0. The largest absolute Gasteiger partial charge is 0.508 e. The number of phenolic OH excluding ortho intramolecular Hbond substituents is 1. The number of esters is 1. The van der Waals surface area contributed by atoms with E-state index in [2.05, 4.69) is 19.9 Å². The van der Waals surface area contributed by atoms with E-state index in [0.29, 0.717) is 17.2 Å². The second-order valence-corrected chi connectivity index (χ2v) is 4.94. The minimum absolute atomic E-state index is 0.0394. The Morgan fingerprint density at radius 1 is 1.25 bits per heavy atom. The Morgan fingerprint density at radius 2 is 2.08 bits per heavy atom. The minimum atomic E-state index is -0.480. The highest BCUT2D eigenvalue weighted by Gasteiger charge is 2.17. The van der Waals surface area contributed by atoms with Gasteiger partial charge in [0.2, 0.25) is 0 Å². The highest BCUT2D eigenvalue weighted by Crippen LogP contribution is 2.29. The van der Waals surface area contributed by atoms with Crippen molar-refractivity contribution in [3.63, 3.8) is 0 Å². The van der Waals surface area contributed by atoms with Gasteiger partial charge in [-0.1, -0.05) is 6.07 Å².